The first-order valence-corrected chi connectivity index (χ1v) is 6.59. The van der Waals surface area contributed by atoms with Gasteiger partial charge in [-0.1, -0.05) is 0 Å². The zero-order valence-electron chi connectivity index (χ0n) is 10.0. The molecule has 0 bridgehead atoms. The topological polar surface area (TPSA) is 77.2 Å². The van der Waals surface area contributed by atoms with Crippen LogP contribution in [0.3, 0.4) is 0 Å². The smallest absolute Gasteiger partial charge is 0.344 e. The van der Waals surface area contributed by atoms with Crippen molar-refractivity contribution in [2.75, 3.05) is 17.7 Å². The van der Waals surface area contributed by atoms with Crippen molar-refractivity contribution in [3.8, 4) is 0 Å². The van der Waals surface area contributed by atoms with Crippen LogP contribution in [0.1, 0.15) is 37.0 Å². The molecule has 1 fully saturated rings. The predicted molar refractivity (Wildman–Crippen MR) is 68.3 cm³/mol. The highest BCUT2D eigenvalue weighted by Crippen LogP contribution is 2.36. The Hall–Kier alpha value is -1.30. The summed E-state index contributed by atoms with van der Waals surface area (Å²) in [5.74, 6) is 0.552. The summed E-state index contributed by atoms with van der Waals surface area (Å²) in [7, 11) is 0. The van der Waals surface area contributed by atoms with Gasteiger partial charge in [0.1, 0.15) is 10.6 Å². The van der Waals surface area contributed by atoms with E-state index in [1.807, 2.05) is 0 Å². The van der Waals surface area contributed by atoms with Gasteiger partial charge in [-0.2, -0.15) is 4.37 Å². The normalized spacial score (nSPS) is 16.6. The van der Waals surface area contributed by atoms with Gasteiger partial charge in [-0.3, -0.25) is 0 Å². The van der Waals surface area contributed by atoms with Crippen molar-refractivity contribution in [1.29, 1.82) is 0 Å². The Morgan fingerprint density at radius 2 is 2.41 bits per heavy atom. The Bertz CT molecular complexity index is 415. The Kier molecular flexibility index (Phi) is 3.51. The Morgan fingerprint density at radius 3 is 3.00 bits per heavy atom. The minimum Gasteiger partial charge on any atom is -0.462 e. The molecule has 94 valence electrons. The lowest BCUT2D eigenvalue weighted by atomic mass is 10.2. The molecule has 5 nitrogen and oxygen atoms in total. The SMILES string of the molecule is CCOC(=O)c1c(N)nsc1NC(C)C1CC1. The molecule has 0 spiro atoms. The highest BCUT2D eigenvalue weighted by atomic mass is 32.1. The number of hydrogen-bond acceptors (Lipinski definition) is 6. The van der Waals surface area contributed by atoms with E-state index in [1.54, 1.807) is 6.92 Å². The summed E-state index contributed by atoms with van der Waals surface area (Å²) in [4.78, 5) is 11.7. The number of hydrogen-bond donors (Lipinski definition) is 2. The molecule has 1 aromatic rings. The minimum atomic E-state index is -0.399. The van der Waals surface area contributed by atoms with Crippen LogP contribution in [0, 0.1) is 5.92 Å². The monoisotopic (exact) mass is 255 g/mol. The number of carbonyl (C=O) groups is 1. The molecule has 1 saturated carbocycles. The molecule has 3 N–H and O–H groups in total. The van der Waals surface area contributed by atoms with E-state index in [0.717, 1.165) is 5.00 Å². The van der Waals surface area contributed by atoms with Crippen LogP contribution < -0.4 is 11.1 Å². The van der Waals surface area contributed by atoms with Gasteiger partial charge in [0.2, 0.25) is 0 Å². The molecule has 1 aliphatic rings. The number of carbonyl (C=O) groups excluding carboxylic acids is 1. The molecule has 1 aromatic heterocycles. The van der Waals surface area contributed by atoms with Crippen LogP contribution >= 0.6 is 11.5 Å². The average Bonchev–Trinajstić information content (AvgIpc) is 3.05. The van der Waals surface area contributed by atoms with Gasteiger partial charge >= 0.3 is 5.97 Å². The van der Waals surface area contributed by atoms with Crippen LogP contribution in [0.4, 0.5) is 10.8 Å². The molecule has 6 heteroatoms. The Morgan fingerprint density at radius 1 is 1.71 bits per heavy atom. The van der Waals surface area contributed by atoms with Gasteiger partial charge in [0, 0.05) is 6.04 Å². The van der Waals surface area contributed by atoms with E-state index in [0.29, 0.717) is 24.1 Å². The average molecular weight is 255 g/mol. The highest BCUT2D eigenvalue weighted by molar-refractivity contribution is 7.11. The number of ether oxygens (including phenoxy) is 1. The van der Waals surface area contributed by atoms with E-state index in [1.165, 1.54) is 24.4 Å². The van der Waals surface area contributed by atoms with Crippen molar-refractivity contribution in [1.82, 2.24) is 4.37 Å². The van der Waals surface area contributed by atoms with Gasteiger partial charge in [0.15, 0.2) is 5.82 Å². The summed E-state index contributed by atoms with van der Waals surface area (Å²) in [6, 6.07) is 0.350. The number of aromatic nitrogens is 1. The fraction of sp³-hybridized carbons (Fsp3) is 0.636. The van der Waals surface area contributed by atoms with Gasteiger partial charge in [0.05, 0.1) is 6.61 Å². The number of nitrogens with zero attached hydrogens (tertiary/aromatic N) is 1. The molecule has 1 atom stereocenters. The number of nitrogens with one attached hydrogen (secondary N) is 1. The lowest BCUT2D eigenvalue weighted by Gasteiger charge is -2.13. The number of esters is 1. The van der Waals surface area contributed by atoms with Crippen molar-refractivity contribution in [3.05, 3.63) is 5.56 Å². The summed E-state index contributed by atoms with van der Waals surface area (Å²) < 4.78 is 8.98. The third-order valence-corrected chi connectivity index (χ3v) is 3.68. The summed E-state index contributed by atoms with van der Waals surface area (Å²) in [6.07, 6.45) is 2.49. The third-order valence-electron chi connectivity index (χ3n) is 2.89. The Labute approximate surface area is 105 Å². The summed E-state index contributed by atoms with van der Waals surface area (Å²) in [6.45, 7) is 4.22. The van der Waals surface area contributed by atoms with Crippen LogP contribution in [-0.4, -0.2) is 23.0 Å². The van der Waals surface area contributed by atoms with Crippen LogP contribution in [0.25, 0.3) is 0 Å². The molecule has 0 aromatic carbocycles. The molecule has 1 heterocycles. The molecule has 0 radical (unpaired) electrons. The fourth-order valence-corrected chi connectivity index (χ4v) is 2.52. The lowest BCUT2D eigenvalue weighted by Crippen LogP contribution is -2.19. The zero-order valence-corrected chi connectivity index (χ0v) is 10.8. The van der Waals surface area contributed by atoms with Crippen molar-refractivity contribution in [2.45, 2.75) is 32.7 Å². The van der Waals surface area contributed by atoms with E-state index in [9.17, 15) is 4.79 Å². The molecule has 0 aliphatic heterocycles. The number of rotatable bonds is 5. The van der Waals surface area contributed by atoms with Gasteiger partial charge in [-0.05, 0) is 44.1 Å². The van der Waals surface area contributed by atoms with E-state index in [-0.39, 0.29) is 5.82 Å². The van der Waals surface area contributed by atoms with Crippen LogP contribution in [0.5, 0.6) is 0 Å². The maximum absolute atomic E-state index is 11.7. The van der Waals surface area contributed by atoms with Crippen LogP contribution in [0.15, 0.2) is 0 Å². The van der Waals surface area contributed by atoms with Crippen molar-refractivity contribution < 1.29 is 9.53 Å². The van der Waals surface area contributed by atoms with E-state index >= 15 is 0 Å². The summed E-state index contributed by atoms with van der Waals surface area (Å²) in [5, 5.41) is 4.03. The standard InChI is InChI=1S/C11H17N3O2S/c1-3-16-11(15)8-9(12)14-17-10(8)13-6(2)7-4-5-7/h6-7,13H,3-5H2,1-2H3,(H2,12,14). The van der Waals surface area contributed by atoms with Gasteiger partial charge in [0.25, 0.3) is 0 Å². The number of nitrogen functional groups attached to an aromatic ring is 1. The predicted octanol–water partition coefficient (Wildman–Crippen LogP) is 2.11. The lowest BCUT2D eigenvalue weighted by molar-refractivity contribution is 0.0529. The highest BCUT2D eigenvalue weighted by Gasteiger charge is 2.30. The first-order valence-electron chi connectivity index (χ1n) is 5.82. The van der Waals surface area contributed by atoms with Crippen molar-refractivity contribution >= 4 is 28.3 Å². The molecule has 2 rings (SSSR count). The molecule has 1 aliphatic carbocycles. The van der Waals surface area contributed by atoms with E-state index in [4.69, 9.17) is 10.5 Å². The van der Waals surface area contributed by atoms with Gasteiger partial charge in [-0.25, -0.2) is 4.79 Å². The molecule has 1 unspecified atom stereocenters. The third kappa shape index (κ3) is 2.69. The second-order valence-corrected chi connectivity index (χ2v) is 5.04. The molecule has 0 amide bonds. The second kappa shape index (κ2) is 4.91. The van der Waals surface area contributed by atoms with E-state index < -0.39 is 5.97 Å². The largest absolute Gasteiger partial charge is 0.462 e. The quantitative estimate of drug-likeness (QED) is 0.788. The second-order valence-electron chi connectivity index (χ2n) is 4.26. The van der Waals surface area contributed by atoms with E-state index in [2.05, 4.69) is 16.6 Å². The number of anilines is 2. The number of nitrogens with two attached hydrogens (primary N) is 1. The zero-order chi connectivity index (χ0) is 12.4. The molecule has 0 saturated heterocycles. The fourth-order valence-electron chi connectivity index (χ4n) is 1.72. The maximum atomic E-state index is 11.7. The van der Waals surface area contributed by atoms with Crippen molar-refractivity contribution in [2.24, 2.45) is 5.92 Å². The molecular weight excluding hydrogens is 238 g/mol. The summed E-state index contributed by atoms with van der Waals surface area (Å²) in [5.41, 5.74) is 6.08. The molecule has 17 heavy (non-hydrogen) atoms. The summed E-state index contributed by atoms with van der Waals surface area (Å²) >= 11 is 1.22. The van der Waals surface area contributed by atoms with Crippen LogP contribution in [-0.2, 0) is 4.74 Å². The van der Waals surface area contributed by atoms with Crippen molar-refractivity contribution in [3.63, 3.8) is 0 Å². The van der Waals surface area contributed by atoms with Gasteiger partial charge < -0.3 is 15.8 Å². The first kappa shape index (κ1) is 12.2. The van der Waals surface area contributed by atoms with Crippen LogP contribution in [0.2, 0.25) is 0 Å². The maximum Gasteiger partial charge on any atom is 0.344 e. The van der Waals surface area contributed by atoms with Gasteiger partial charge in [-0.15, -0.1) is 0 Å². The first-order chi connectivity index (χ1) is 8.13. The minimum absolute atomic E-state index is 0.249. The Balaban J connectivity index is 2.13. The molecular formula is C11H17N3O2S.